The van der Waals surface area contributed by atoms with Crippen LogP contribution in [0.3, 0.4) is 0 Å². The second-order valence-corrected chi connectivity index (χ2v) is 13.6. The van der Waals surface area contributed by atoms with Gasteiger partial charge in [0.1, 0.15) is 36.5 Å². The first-order chi connectivity index (χ1) is 20.3. The number of piperidine rings is 1. The average molecular weight is 642 g/mol. The second kappa shape index (κ2) is 13.8. The molecule has 7 atom stereocenters. The van der Waals surface area contributed by atoms with Gasteiger partial charge in [-0.3, -0.25) is 14.5 Å². The third-order valence-electron chi connectivity index (χ3n) is 7.51. The van der Waals surface area contributed by atoms with Crippen molar-refractivity contribution in [3.63, 3.8) is 0 Å². The fourth-order valence-corrected chi connectivity index (χ4v) is 5.87. The molecule has 0 unspecified atom stereocenters. The quantitative estimate of drug-likeness (QED) is 0.0747. The van der Waals surface area contributed by atoms with Crippen LogP contribution in [0.5, 0.6) is 0 Å². The highest BCUT2D eigenvalue weighted by Crippen LogP contribution is 2.59. The normalized spacial score (nSPS) is 24.0. The van der Waals surface area contributed by atoms with E-state index in [0.29, 0.717) is 18.4 Å². The van der Waals surface area contributed by atoms with Gasteiger partial charge in [0, 0.05) is 28.8 Å². The number of aliphatic hydroxyl groups excluding tert-OH is 4. The number of aliphatic hydroxyl groups is 4. The van der Waals surface area contributed by atoms with Crippen molar-refractivity contribution >= 4 is 41.0 Å². The molecular formula is C28H43N5O10S. The van der Waals surface area contributed by atoms with Gasteiger partial charge < -0.3 is 46.0 Å². The van der Waals surface area contributed by atoms with Crippen molar-refractivity contribution < 1.29 is 49.2 Å². The Hall–Kier alpha value is -3.31. The predicted octanol–water partition coefficient (Wildman–Crippen LogP) is -0.372. The van der Waals surface area contributed by atoms with Crippen molar-refractivity contribution in [3.8, 4) is 0 Å². The average Bonchev–Trinajstić information content (AvgIpc) is 3.23. The fraction of sp³-hybridized carbons (Fsp3) is 0.679. The Balaban J connectivity index is 1.71. The second-order valence-electron chi connectivity index (χ2n) is 12.6. The van der Waals surface area contributed by atoms with Gasteiger partial charge in [0.05, 0.1) is 19.2 Å². The van der Waals surface area contributed by atoms with Gasteiger partial charge in [-0.05, 0) is 52.0 Å². The molecule has 15 nitrogen and oxygen atoms in total. The summed E-state index contributed by atoms with van der Waals surface area (Å²) in [5.74, 6) is -1.55. The molecule has 0 bridgehead atoms. The maximum atomic E-state index is 13.7. The smallest absolute Gasteiger partial charge is 0.410 e. The monoisotopic (exact) mass is 641 g/mol. The van der Waals surface area contributed by atoms with Gasteiger partial charge in [-0.25, -0.2) is 9.59 Å². The Morgan fingerprint density at radius 2 is 1.86 bits per heavy atom. The number of carbonyl (C=O) groups is 4. The van der Waals surface area contributed by atoms with Crippen molar-refractivity contribution in [1.82, 2.24) is 15.1 Å². The van der Waals surface area contributed by atoms with E-state index >= 15 is 0 Å². The summed E-state index contributed by atoms with van der Waals surface area (Å²) in [5, 5.41) is 48.5. The van der Waals surface area contributed by atoms with Crippen LogP contribution in [0.4, 0.5) is 4.79 Å². The van der Waals surface area contributed by atoms with E-state index in [1.165, 1.54) is 30.1 Å². The highest BCUT2D eigenvalue weighted by molar-refractivity contribution is 7.10. The van der Waals surface area contributed by atoms with Gasteiger partial charge >= 0.3 is 12.1 Å². The van der Waals surface area contributed by atoms with Crippen molar-refractivity contribution in [2.45, 2.75) is 103 Å². The minimum Gasteiger partial charge on any atom is -0.444 e. The Kier molecular flexibility index (Phi) is 11.0. The van der Waals surface area contributed by atoms with Crippen LogP contribution in [0.15, 0.2) is 16.6 Å². The first kappa shape index (κ1) is 35.2. The number of fused-ring (bicyclic) bond motifs is 1. The summed E-state index contributed by atoms with van der Waals surface area (Å²) in [6, 6.07) is 0.662. The van der Waals surface area contributed by atoms with Crippen LogP contribution in [0.2, 0.25) is 0 Å². The summed E-state index contributed by atoms with van der Waals surface area (Å²) in [6.07, 6.45) is -6.42. The molecule has 0 radical (unpaired) electrons. The maximum Gasteiger partial charge on any atom is 0.410 e. The molecule has 0 aromatic carbocycles. The summed E-state index contributed by atoms with van der Waals surface area (Å²) in [7, 11) is 0. The van der Waals surface area contributed by atoms with E-state index in [-0.39, 0.29) is 29.7 Å². The molecule has 1 aromatic heterocycles. The van der Waals surface area contributed by atoms with Gasteiger partial charge in [0.15, 0.2) is 5.84 Å². The Labute approximate surface area is 259 Å². The lowest BCUT2D eigenvalue weighted by Crippen LogP contribution is -2.54. The van der Waals surface area contributed by atoms with Crippen molar-refractivity contribution in [3.05, 3.63) is 21.9 Å². The maximum absolute atomic E-state index is 13.7. The molecule has 1 aromatic rings. The van der Waals surface area contributed by atoms with E-state index in [0.717, 1.165) is 9.78 Å². The van der Waals surface area contributed by atoms with Gasteiger partial charge in [-0.1, -0.05) is 12.1 Å². The molecule has 16 heteroatoms. The van der Waals surface area contributed by atoms with Gasteiger partial charge in [-0.2, -0.15) is 0 Å². The predicted molar refractivity (Wildman–Crippen MR) is 158 cm³/mol. The molecule has 44 heavy (non-hydrogen) atoms. The molecule has 246 valence electrons. The number of amidine groups is 1. The van der Waals surface area contributed by atoms with Crippen molar-refractivity contribution in [1.29, 1.82) is 0 Å². The van der Waals surface area contributed by atoms with Crippen LogP contribution in [-0.2, 0) is 30.5 Å². The van der Waals surface area contributed by atoms with E-state index in [1.54, 1.807) is 32.2 Å². The highest BCUT2D eigenvalue weighted by atomic mass is 32.1. The zero-order chi connectivity index (χ0) is 33.1. The number of thiophene rings is 1. The number of carbonyl (C=O) groups excluding carboxylic acids is 4. The number of oxime groups is 1. The topological polar surface area (TPSA) is 225 Å². The van der Waals surface area contributed by atoms with Gasteiger partial charge in [0.2, 0.25) is 11.8 Å². The standard InChI is InChI=1S/C28H43N5O10S/c1-14(34)22(38)23(39)19(36)11-32(26(41)42-27(3,4)5)12-21(37)33-18(8-28(6)9-20(28)33)25(40)30-10-17-7-16(13-44-17)24(29)31-43-15(2)35/h7,13-14,18-20,22-23,34,36,38-39H,8-12H2,1-6H3,(H2,29,31)(H,30,40)/t14-,18-,19-,20-,22-,23-,28+/m0/s1. The molecule has 3 rings (SSSR count). The minimum atomic E-state index is -1.81. The minimum absolute atomic E-state index is 0.00200. The summed E-state index contributed by atoms with van der Waals surface area (Å²) >= 11 is 1.31. The third kappa shape index (κ3) is 8.88. The number of hydrogen-bond donors (Lipinski definition) is 6. The SMILES string of the molecule is CC(=O)O/N=C(\N)c1csc(CNC(=O)[C@@H]2C[C@]3(C)C[C@@H]3N2C(=O)CN(C[C@H](O)[C@H](O)[C@@H](O)[C@H](C)O)C(=O)OC(C)(C)C)c1. The van der Waals surface area contributed by atoms with E-state index in [2.05, 4.69) is 15.3 Å². The molecule has 1 aliphatic heterocycles. The fourth-order valence-electron chi connectivity index (χ4n) is 5.05. The highest BCUT2D eigenvalue weighted by Gasteiger charge is 2.64. The molecule has 2 heterocycles. The van der Waals surface area contributed by atoms with Gasteiger partial charge in [0.25, 0.3) is 0 Å². The lowest BCUT2D eigenvalue weighted by Gasteiger charge is -2.33. The number of amides is 3. The zero-order valence-corrected chi connectivity index (χ0v) is 26.5. The van der Waals surface area contributed by atoms with E-state index < -0.39 is 67.1 Å². The van der Waals surface area contributed by atoms with Crippen molar-refractivity contribution in [2.24, 2.45) is 16.3 Å². The molecule has 2 fully saturated rings. The number of likely N-dealkylation sites (tertiary alicyclic amines) is 1. The third-order valence-corrected chi connectivity index (χ3v) is 8.45. The van der Waals surface area contributed by atoms with Crippen LogP contribution >= 0.6 is 11.3 Å². The van der Waals surface area contributed by atoms with Crippen molar-refractivity contribution in [2.75, 3.05) is 13.1 Å². The van der Waals surface area contributed by atoms with E-state index in [1.807, 2.05) is 6.92 Å². The molecule has 2 aliphatic rings. The Morgan fingerprint density at radius 3 is 2.45 bits per heavy atom. The molecule has 1 saturated carbocycles. The first-order valence-electron chi connectivity index (χ1n) is 14.2. The number of nitrogens with zero attached hydrogens (tertiary/aromatic N) is 3. The molecule has 7 N–H and O–H groups in total. The van der Waals surface area contributed by atoms with E-state index in [9.17, 15) is 39.6 Å². The molecule has 3 amide bonds. The molecule has 1 saturated heterocycles. The zero-order valence-electron chi connectivity index (χ0n) is 25.7. The Bertz CT molecular complexity index is 1260. The number of rotatable bonds is 12. The summed E-state index contributed by atoms with van der Waals surface area (Å²) in [5.41, 5.74) is 5.14. The van der Waals surface area contributed by atoms with E-state index in [4.69, 9.17) is 10.5 Å². The van der Waals surface area contributed by atoms with Crippen LogP contribution in [0.1, 0.15) is 64.8 Å². The lowest BCUT2D eigenvalue weighted by molar-refractivity contribution is -0.141. The number of nitrogens with one attached hydrogen (secondary N) is 1. The number of nitrogens with two attached hydrogens (primary N) is 1. The number of ether oxygens (including phenoxy) is 1. The van der Waals surface area contributed by atoms with Crippen LogP contribution in [0.25, 0.3) is 0 Å². The lowest BCUT2D eigenvalue weighted by atomic mass is 10.0. The summed E-state index contributed by atoms with van der Waals surface area (Å²) in [6.45, 7) is 8.28. The van der Waals surface area contributed by atoms with Crippen LogP contribution in [0, 0.1) is 5.41 Å². The summed E-state index contributed by atoms with van der Waals surface area (Å²) in [4.78, 5) is 58.7. The molecule has 0 spiro atoms. The van der Waals surface area contributed by atoms with Gasteiger partial charge in [-0.15, -0.1) is 11.3 Å². The van der Waals surface area contributed by atoms with Crippen LogP contribution in [-0.4, -0.2) is 115 Å². The first-order valence-corrected chi connectivity index (χ1v) is 15.1. The summed E-state index contributed by atoms with van der Waals surface area (Å²) < 4.78 is 5.41. The number of hydrogen-bond acceptors (Lipinski definition) is 12. The molecular weight excluding hydrogens is 598 g/mol. The molecule has 1 aliphatic carbocycles. The largest absolute Gasteiger partial charge is 0.444 e. The Morgan fingerprint density at radius 1 is 1.20 bits per heavy atom. The van der Waals surface area contributed by atoms with Crippen LogP contribution < -0.4 is 11.1 Å².